The van der Waals surface area contributed by atoms with Crippen LogP contribution in [0.15, 0.2) is 24.3 Å². The van der Waals surface area contributed by atoms with E-state index < -0.39 is 18.3 Å². The summed E-state index contributed by atoms with van der Waals surface area (Å²) < 4.78 is 36.5. The van der Waals surface area contributed by atoms with Crippen molar-refractivity contribution in [2.75, 3.05) is 0 Å². The molecular weight excluding hydrogens is 169 g/mol. The van der Waals surface area contributed by atoms with E-state index in [9.17, 15) is 13.2 Å². The van der Waals surface area contributed by atoms with Crippen molar-refractivity contribution in [3.63, 3.8) is 0 Å². The number of hydrogen-bond acceptors (Lipinski definition) is 1. The Kier molecular flexibility index (Phi) is 2.70. The van der Waals surface area contributed by atoms with Crippen molar-refractivity contribution in [3.8, 4) is 0 Å². The quantitative estimate of drug-likeness (QED) is 0.731. The maximum atomic E-state index is 12.7. The first kappa shape index (κ1) is 9.06. The lowest BCUT2D eigenvalue weighted by molar-refractivity contribution is -0.00771. The second kappa shape index (κ2) is 3.58. The fourth-order valence-electron chi connectivity index (χ4n) is 0.851. The Morgan fingerprint density at radius 2 is 1.75 bits per heavy atom. The molecule has 0 aliphatic heterocycles. The van der Waals surface area contributed by atoms with Gasteiger partial charge >= 0.3 is 0 Å². The van der Waals surface area contributed by atoms with E-state index in [1.54, 1.807) is 0 Å². The van der Waals surface area contributed by atoms with Gasteiger partial charge in [0.1, 0.15) is 11.9 Å². The van der Waals surface area contributed by atoms with Gasteiger partial charge in [0.15, 0.2) is 0 Å². The third kappa shape index (κ3) is 1.76. The van der Waals surface area contributed by atoms with Gasteiger partial charge < -0.3 is 5.11 Å². The Bertz CT molecular complexity index is 262. The summed E-state index contributed by atoms with van der Waals surface area (Å²) in [5.74, 6) is -0.815. The van der Waals surface area contributed by atoms with Gasteiger partial charge in [-0.05, 0) is 6.07 Å². The molecule has 1 nitrogen and oxygen atoms in total. The molecule has 0 aromatic heterocycles. The standard InChI is InChI=1S/C8H7F3O/c9-6-4-2-1-3-5(6)7(12)8(10)11/h1-4,7-8,12H/t7-/m0/s1. The third-order valence-corrected chi connectivity index (χ3v) is 1.46. The van der Waals surface area contributed by atoms with Crippen LogP contribution < -0.4 is 0 Å². The van der Waals surface area contributed by atoms with Crippen LogP contribution in [0.1, 0.15) is 11.7 Å². The van der Waals surface area contributed by atoms with Gasteiger partial charge in [-0.25, -0.2) is 13.2 Å². The zero-order valence-corrected chi connectivity index (χ0v) is 6.05. The highest BCUT2D eigenvalue weighted by molar-refractivity contribution is 5.20. The van der Waals surface area contributed by atoms with E-state index >= 15 is 0 Å². The van der Waals surface area contributed by atoms with Gasteiger partial charge in [0, 0.05) is 5.56 Å². The van der Waals surface area contributed by atoms with E-state index in [2.05, 4.69) is 0 Å². The molecule has 1 aromatic carbocycles. The van der Waals surface area contributed by atoms with Crippen molar-refractivity contribution in [1.82, 2.24) is 0 Å². The highest BCUT2D eigenvalue weighted by Gasteiger charge is 2.21. The summed E-state index contributed by atoms with van der Waals surface area (Å²) in [5.41, 5.74) is -0.368. The minimum Gasteiger partial charge on any atom is -0.382 e. The van der Waals surface area contributed by atoms with Gasteiger partial charge in [0.2, 0.25) is 0 Å². The van der Waals surface area contributed by atoms with Crippen molar-refractivity contribution in [2.45, 2.75) is 12.5 Å². The van der Waals surface area contributed by atoms with E-state index in [1.807, 2.05) is 0 Å². The fraction of sp³-hybridized carbons (Fsp3) is 0.250. The summed E-state index contributed by atoms with van der Waals surface area (Å²) in [5, 5.41) is 8.79. The first-order chi connectivity index (χ1) is 5.63. The summed E-state index contributed by atoms with van der Waals surface area (Å²) in [6.07, 6.45) is -4.99. The first-order valence-corrected chi connectivity index (χ1v) is 3.33. The lowest BCUT2D eigenvalue weighted by Gasteiger charge is -2.09. The molecule has 1 rings (SSSR count). The number of rotatable bonds is 2. The topological polar surface area (TPSA) is 20.2 Å². The predicted molar refractivity (Wildman–Crippen MR) is 37.4 cm³/mol. The molecular formula is C8H7F3O. The fourth-order valence-corrected chi connectivity index (χ4v) is 0.851. The first-order valence-electron chi connectivity index (χ1n) is 3.33. The van der Waals surface area contributed by atoms with Gasteiger partial charge in [0.25, 0.3) is 6.43 Å². The van der Waals surface area contributed by atoms with Gasteiger partial charge in [0.05, 0.1) is 0 Å². The largest absolute Gasteiger partial charge is 0.382 e. The van der Waals surface area contributed by atoms with E-state index in [1.165, 1.54) is 12.1 Å². The number of alkyl halides is 2. The molecule has 0 saturated carbocycles. The van der Waals surface area contributed by atoms with Crippen LogP contribution in [0.3, 0.4) is 0 Å². The van der Waals surface area contributed by atoms with Crippen molar-refractivity contribution < 1.29 is 18.3 Å². The lowest BCUT2D eigenvalue weighted by Crippen LogP contribution is -2.09. The molecule has 0 unspecified atom stereocenters. The van der Waals surface area contributed by atoms with Crippen LogP contribution in [0.5, 0.6) is 0 Å². The van der Waals surface area contributed by atoms with E-state index in [-0.39, 0.29) is 5.56 Å². The third-order valence-electron chi connectivity index (χ3n) is 1.46. The normalized spacial score (nSPS) is 13.4. The minimum absolute atomic E-state index is 0.368. The van der Waals surface area contributed by atoms with Crippen LogP contribution >= 0.6 is 0 Å². The van der Waals surface area contributed by atoms with Crippen LogP contribution in [0.4, 0.5) is 13.2 Å². The summed E-state index contributed by atoms with van der Waals surface area (Å²) >= 11 is 0. The Morgan fingerprint density at radius 3 is 2.25 bits per heavy atom. The Labute approximate surface area is 67.5 Å². The number of aliphatic hydroxyl groups is 1. The summed E-state index contributed by atoms with van der Waals surface area (Å²) in [6.45, 7) is 0. The monoisotopic (exact) mass is 176 g/mol. The summed E-state index contributed by atoms with van der Waals surface area (Å²) in [6, 6.07) is 4.92. The average Bonchev–Trinajstić information content (AvgIpc) is 2.04. The molecule has 1 aromatic rings. The molecule has 0 saturated heterocycles. The molecule has 0 aliphatic rings. The van der Waals surface area contributed by atoms with Crippen LogP contribution in [0.2, 0.25) is 0 Å². The van der Waals surface area contributed by atoms with Crippen molar-refractivity contribution in [3.05, 3.63) is 35.6 Å². The molecule has 0 spiro atoms. The number of benzene rings is 1. The number of aliphatic hydroxyl groups excluding tert-OH is 1. The van der Waals surface area contributed by atoms with E-state index in [0.29, 0.717) is 0 Å². The van der Waals surface area contributed by atoms with Crippen LogP contribution in [0.25, 0.3) is 0 Å². The summed E-state index contributed by atoms with van der Waals surface area (Å²) in [4.78, 5) is 0. The molecule has 1 N–H and O–H groups in total. The molecule has 1 atom stereocenters. The molecule has 0 radical (unpaired) electrons. The maximum absolute atomic E-state index is 12.7. The highest BCUT2D eigenvalue weighted by atomic mass is 19.3. The molecule has 12 heavy (non-hydrogen) atoms. The number of hydrogen-bond donors (Lipinski definition) is 1. The zero-order valence-electron chi connectivity index (χ0n) is 6.05. The van der Waals surface area contributed by atoms with Crippen LogP contribution in [-0.2, 0) is 0 Å². The molecule has 0 heterocycles. The molecule has 4 heteroatoms. The second-order valence-electron chi connectivity index (χ2n) is 2.30. The molecule has 0 aliphatic carbocycles. The smallest absolute Gasteiger partial charge is 0.268 e. The van der Waals surface area contributed by atoms with Gasteiger partial charge in [-0.1, -0.05) is 18.2 Å². The van der Waals surface area contributed by atoms with Crippen molar-refractivity contribution in [2.24, 2.45) is 0 Å². The molecule has 0 amide bonds. The SMILES string of the molecule is O[C@@H](c1ccccc1F)C(F)F. The summed E-state index contributed by atoms with van der Waals surface area (Å²) in [7, 11) is 0. The van der Waals surface area contributed by atoms with Crippen LogP contribution in [0, 0.1) is 5.82 Å². The average molecular weight is 176 g/mol. The van der Waals surface area contributed by atoms with Gasteiger partial charge in [-0.2, -0.15) is 0 Å². The lowest BCUT2D eigenvalue weighted by atomic mass is 10.1. The Hall–Kier alpha value is -1.03. The van der Waals surface area contributed by atoms with Crippen molar-refractivity contribution >= 4 is 0 Å². The number of halogens is 3. The molecule has 66 valence electrons. The molecule has 0 bridgehead atoms. The molecule has 0 fully saturated rings. The highest BCUT2D eigenvalue weighted by Crippen LogP contribution is 2.22. The predicted octanol–water partition coefficient (Wildman–Crippen LogP) is 2.12. The Morgan fingerprint density at radius 1 is 1.17 bits per heavy atom. The van der Waals surface area contributed by atoms with Gasteiger partial charge in [-0.15, -0.1) is 0 Å². The second-order valence-corrected chi connectivity index (χ2v) is 2.30. The van der Waals surface area contributed by atoms with Crippen molar-refractivity contribution in [1.29, 1.82) is 0 Å². The zero-order chi connectivity index (χ0) is 9.14. The Balaban J connectivity index is 2.94. The van der Waals surface area contributed by atoms with E-state index in [4.69, 9.17) is 5.11 Å². The van der Waals surface area contributed by atoms with Crippen LogP contribution in [-0.4, -0.2) is 11.5 Å². The van der Waals surface area contributed by atoms with Gasteiger partial charge in [-0.3, -0.25) is 0 Å². The van der Waals surface area contributed by atoms with E-state index in [0.717, 1.165) is 12.1 Å². The minimum atomic E-state index is -2.96. The maximum Gasteiger partial charge on any atom is 0.268 e.